The lowest BCUT2D eigenvalue weighted by molar-refractivity contribution is -0.122. The van der Waals surface area contributed by atoms with E-state index in [1.807, 2.05) is 0 Å². The van der Waals surface area contributed by atoms with Crippen LogP contribution in [0.4, 0.5) is 0 Å². The second-order valence-corrected chi connectivity index (χ2v) is 8.94. The number of sulfone groups is 1. The Kier molecular flexibility index (Phi) is 9.21. The first-order chi connectivity index (χ1) is 11.4. The van der Waals surface area contributed by atoms with Gasteiger partial charge in [0.25, 0.3) is 0 Å². The molecule has 1 aliphatic rings. The van der Waals surface area contributed by atoms with Gasteiger partial charge in [0.1, 0.15) is 0 Å². The number of rotatable bonds is 7. The maximum absolute atomic E-state index is 12.2. The molecule has 1 unspecified atom stereocenters. The van der Waals surface area contributed by atoms with Crippen LogP contribution in [0.1, 0.15) is 26.2 Å². The lowest BCUT2D eigenvalue weighted by Crippen LogP contribution is -2.34. The van der Waals surface area contributed by atoms with Crippen molar-refractivity contribution in [1.29, 1.82) is 0 Å². The molecule has 1 aliphatic heterocycles. The first-order valence-corrected chi connectivity index (χ1v) is 10.4. The Morgan fingerprint density at radius 1 is 1.28 bits per heavy atom. The van der Waals surface area contributed by atoms with E-state index in [4.69, 9.17) is 11.6 Å². The van der Waals surface area contributed by atoms with Gasteiger partial charge in [-0.1, -0.05) is 18.5 Å². The molecular weight excluding hydrogens is 383 g/mol. The highest BCUT2D eigenvalue weighted by Gasteiger charge is 2.22. The molecule has 1 fully saturated rings. The number of piperidine rings is 1. The molecule has 142 valence electrons. The smallest absolute Gasteiger partial charge is 0.220 e. The molecule has 1 atom stereocenters. The molecule has 1 amide bonds. The van der Waals surface area contributed by atoms with E-state index in [1.54, 1.807) is 12.1 Å². The average Bonchev–Trinajstić information content (AvgIpc) is 2.56. The molecule has 0 bridgehead atoms. The highest BCUT2D eigenvalue weighted by molar-refractivity contribution is 7.91. The van der Waals surface area contributed by atoms with Gasteiger partial charge in [0.2, 0.25) is 5.91 Å². The fourth-order valence-corrected chi connectivity index (χ4v) is 4.31. The molecule has 2 rings (SSSR count). The summed E-state index contributed by atoms with van der Waals surface area (Å²) in [6.45, 7) is 4.24. The number of benzene rings is 1. The van der Waals surface area contributed by atoms with Crippen molar-refractivity contribution in [3.05, 3.63) is 29.3 Å². The molecule has 1 aromatic rings. The van der Waals surface area contributed by atoms with Crippen molar-refractivity contribution >= 4 is 39.8 Å². The zero-order chi connectivity index (χ0) is 17.6. The number of nitrogens with one attached hydrogen (secondary N) is 2. The summed E-state index contributed by atoms with van der Waals surface area (Å²) >= 11 is 5.76. The second-order valence-electron chi connectivity index (χ2n) is 6.39. The molecule has 1 saturated heterocycles. The predicted octanol–water partition coefficient (Wildman–Crippen LogP) is 2.68. The molecule has 1 heterocycles. The molecule has 2 N–H and O–H groups in total. The highest BCUT2D eigenvalue weighted by atomic mass is 35.5. The van der Waals surface area contributed by atoms with Gasteiger partial charge in [0, 0.05) is 18.0 Å². The van der Waals surface area contributed by atoms with E-state index in [-0.39, 0.29) is 35.5 Å². The maximum atomic E-state index is 12.2. The Morgan fingerprint density at radius 2 is 1.88 bits per heavy atom. The van der Waals surface area contributed by atoms with Crippen LogP contribution in [0.2, 0.25) is 5.02 Å². The maximum Gasteiger partial charge on any atom is 0.220 e. The first-order valence-electron chi connectivity index (χ1n) is 8.34. The lowest BCUT2D eigenvalue weighted by Gasteiger charge is -2.27. The van der Waals surface area contributed by atoms with Crippen molar-refractivity contribution in [2.45, 2.75) is 31.1 Å². The zero-order valence-electron chi connectivity index (χ0n) is 14.3. The number of carbonyl (C=O) groups excluding carboxylic acids is 1. The lowest BCUT2D eigenvalue weighted by atomic mass is 9.84. The number of carbonyl (C=O) groups is 1. The van der Waals surface area contributed by atoms with E-state index >= 15 is 0 Å². The van der Waals surface area contributed by atoms with Crippen LogP contribution in [-0.2, 0) is 14.6 Å². The van der Waals surface area contributed by atoms with Gasteiger partial charge in [-0.3, -0.25) is 4.79 Å². The topological polar surface area (TPSA) is 75.3 Å². The molecule has 0 aliphatic carbocycles. The minimum Gasteiger partial charge on any atom is -0.355 e. The van der Waals surface area contributed by atoms with E-state index in [1.165, 1.54) is 12.1 Å². The van der Waals surface area contributed by atoms with Gasteiger partial charge < -0.3 is 10.6 Å². The van der Waals surface area contributed by atoms with Crippen molar-refractivity contribution in [2.75, 3.05) is 25.4 Å². The SMILES string of the molecule is CC(CC(=O)NCCS(=O)(=O)c1ccc(Cl)cc1)C1CCNCC1.Cl. The van der Waals surface area contributed by atoms with Crippen molar-refractivity contribution in [2.24, 2.45) is 11.8 Å². The van der Waals surface area contributed by atoms with Crippen LogP contribution >= 0.6 is 24.0 Å². The van der Waals surface area contributed by atoms with E-state index in [0.717, 1.165) is 25.9 Å². The molecule has 25 heavy (non-hydrogen) atoms. The van der Waals surface area contributed by atoms with Gasteiger partial charge in [-0.25, -0.2) is 8.42 Å². The third-order valence-electron chi connectivity index (χ3n) is 4.56. The molecule has 0 aromatic heterocycles. The van der Waals surface area contributed by atoms with Crippen LogP contribution in [0.15, 0.2) is 29.2 Å². The summed E-state index contributed by atoms with van der Waals surface area (Å²) in [4.78, 5) is 12.3. The quantitative estimate of drug-likeness (QED) is 0.726. The van der Waals surface area contributed by atoms with E-state index in [9.17, 15) is 13.2 Å². The average molecular weight is 409 g/mol. The summed E-state index contributed by atoms with van der Waals surface area (Å²) < 4.78 is 24.4. The monoisotopic (exact) mass is 408 g/mol. The summed E-state index contributed by atoms with van der Waals surface area (Å²) in [6, 6.07) is 6.07. The largest absolute Gasteiger partial charge is 0.355 e. The highest BCUT2D eigenvalue weighted by Crippen LogP contribution is 2.24. The molecule has 8 heteroatoms. The number of hydrogen-bond acceptors (Lipinski definition) is 4. The van der Waals surface area contributed by atoms with Crippen molar-refractivity contribution in [3.8, 4) is 0 Å². The number of halogens is 2. The van der Waals surface area contributed by atoms with Crippen molar-refractivity contribution in [1.82, 2.24) is 10.6 Å². The van der Waals surface area contributed by atoms with Crippen LogP contribution in [-0.4, -0.2) is 39.7 Å². The molecule has 0 spiro atoms. The first kappa shape index (κ1) is 22.2. The Morgan fingerprint density at radius 3 is 2.48 bits per heavy atom. The molecule has 0 radical (unpaired) electrons. The second kappa shape index (κ2) is 10.4. The number of amides is 1. The van der Waals surface area contributed by atoms with Gasteiger partial charge >= 0.3 is 0 Å². The summed E-state index contributed by atoms with van der Waals surface area (Å²) in [5, 5.41) is 6.54. The van der Waals surface area contributed by atoms with Gasteiger partial charge in [-0.2, -0.15) is 0 Å². The van der Waals surface area contributed by atoms with Crippen LogP contribution in [0.3, 0.4) is 0 Å². The molecule has 1 aromatic carbocycles. The summed E-state index contributed by atoms with van der Waals surface area (Å²) in [7, 11) is -3.40. The Balaban J connectivity index is 0.00000312. The molecular formula is C17H26Cl2N2O3S. The summed E-state index contributed by atoms with van der Waals surface area (Å²) in [5.74, 6) is 0.698. The predicted molar refractivity (Wildman–Crippen MR) is 103 cm³/mol. The van der Waals surface area contributed by atoms with Crippen LogP contribution < -0.4 is 10.6 Å². The number of hydrogen-bond donors (Lipinski definition) is 2. The van der Waals surface area contributed by atoms with Crippen LogP contribution in [0.5, 0.6) is 0 Å². The van der Waals surface area contributed by atoms with Crippen LogP contribution in [0, 0.1) is 11.8 Å². The Bertz CT molecular complexity index is 644. The third-order valence-corrected chi connectivity index (χ3v) is 6.55. The van der Waals surface area contributed by atoms with Crippen LogP contribution in [0.25, 0.3) is 0 Å². The van der Waals surface area contributed by atoms with Gasteiger partial charge in [-0.05, 0) is 62.0 Å². The minimum atomic E-state index is -3.40. The minimum absolute atomic E-state index is 0. The van der Waals surface area contributed by atoms with E-state index < -0.39 is 9.84 Å². The Hall–Kier alpha value is -0.820. The summed E-state index contributed by atoms with van der Waals surface area (Å²) in [6.07, 6.45) is 2.64. The van der Waals surface area contributed by atoms with E-state index in [0.29, 0.717) is 23.3 Å². The zero-order valence-corrected chi connectivity index (χ0v) is 16.7. The van der Waals surface area contributed by atoms with Crippen molar-refractivity contribution in [3.63, 3.8) is 0 Å². The van der Waals surface area contributed by atoms with E-state index in [2.05, 4.69) is 17.6 Å². The fraction of sp³-hybridized carbons (Fsp3) is 0.588. The standard InChI is InChI=1S/C17H25ClN2O3S.ClH/c1-13(14-6-8-19-9-7-14)12-17(21)20-10-11-24(22,23)16-4-2-15(18)3-5-16;/h2-5,13-14,19H,6-12H2,1H3,(H,20,21);1H. The van der Waals surface area contributed by atoms with Crippen molar-refractivity contribution < 1.29 is 13.2 Å². The van der Waals surface area contributed by atoms with Gasteiger partial charge in [0.05, 0.1) is 10.6 Å². The summed E-state index contributed by atoms with van der Waals surface area (Å²) in [5.41, 5.74) is 0. The fourth-order valence-electron chi connectivity index (χ4n) is 3.03. The normalized spacial score (nSPS) is 16.7. The third kappa shape index (κ3) is 7.13. The Labute approximate surface area is 161 Å². The molecule has 0 saturated carbocycles. The van der Waals surface area contributed by atoms with Gasteiger partial charge in [-0.15, -0.1) is 12.4 Å². The van der Waals surface area contributed by atoms with Gasteiger partial charge in [0.15, 0.2) is 9.84 Å². The molecule has 5 nitrogen and oxygen atoms in total.